The van der Waals surface area contributed by atoms with Crippen molar-refractivity contribution in [2.75, 3.05) is 18.6 Å². The van der Waals surface area contributed by atoms with Crippen LogP contribution in [0.2, 0.25) is 0 Å². The molecule has 6 nitrogen and oxygen atoms in total. The summed E-state index contributed by atoms with van der Waals surface area (Å²) in [7, 11) is 1.45. The van der Waals surface area contributed by atoms with E-state index < -0.39 is 12.1 Å². The summed E-state index contributed by atoms with van der Waals surface area (Å²) in [5.41, 5.74) is 2.65. The molecule has 1 aliphatic rings. The Balaban J connectivity index is 1.61. The molecule has 0 fully saturated rings. The predicted octanol–water partition coefficient (Wildman–Crippen LogP) is 2.94. The number of ether oxygens (including phenoxy) is 2. The number of methoxy groups -OCH3 is 1. The first-order valence-electron chi connectivity index (χ1n) is 8.64. The quantitative estimate of drug-likeness (QED) is 0.650. The van der Waals surface area contributed by atoms with Crippen LogP contribution in [0.25, 0.3) is 6.08 Å². The molecule has 0 radical (unpaired) electrons. The number of hydrogen-bond acceptors (Lipinski definition) is 5. The summed E-state index contributed by atoms with van der Waals surface area (Å²) in [4.78, 5) is 26.3. The maximum Gasteiger partial charge on any atom is 0.331 e. The van der Waals surface area contributed by atoms with Gasteiger partial charge in [0.1, 0.15) is 0 Å². The molecule has 0 saturated carbocycles. The van der Waals surface area contributed by atoms with Crippen molar-refractivity contribution in [1.29, 1.82) is 0 Å². The first-order chi connectivity index (χ1) is 13.0. The lowest BCUT2D eigenvalue weighted by Gasteiger charge is -2.21. The van der Waals surface area contributed by atoms with Gasteiger partial charge in [-0.15, -0.1) is 0 Å². The predicted molar refractivity (Wildman–Crippen MR) is 102 cm³/mol. The zero-order valence-electron chi connectivity index (χ0n) is 15.2. The van der Waals surface area contributed by atoms with Crippen molar-refractivity contribution >= 4 is 23.6 Å². The normalized spacial score (nSPS) is 14.1. The van der Waals surface area contributed by atoms with Crippen LogP contribution in [0, 0.1) is 0 Å². The lowest BCUT2D eigenvalue weighted by molar-refractivity contribution is -0.149. The molecule has 1 heterocycles. The van der Waals surface area contributed by atoms with Crippen LogP contribution in [0.5, 0.6) is 11.5 Å². The second-order valence-electron chi connectivity index (χ2n) is 6.21. The molecule has 140 valence electrons. The number of para-hydroxylation sites is 1. The van der Waals surface area contributed by atoms with E-state index in [0.29, 0.717) is 17.9 Å². The highest BCUT2D eigenvalue weighted by atomic mass is 16.5. The summed E-state index contributed by atoms with van der Waals surface area (Å²) in [6.45, 7) is 2.15. The number of anilines is 1. The van der Waals surface area contributed by atoms with Gasteiger partial charge in [0.25, 0.3) is 5.91 Å². The van der Waals surface area contributed by atoms with Gasteiger partial charge < -0.3 is 19.5 Å². The molecular formula is C21H21NO5. The van der Waals surface area contributed by atoms with Crippen molar-refractivity contribution in [2.24, 2.45) is 0 Å². The van der Waals surface area contributed by atoms with Crippen LogP contribution in [-0.4, -0.2) is 36.7 Å². The van der Waals surface area contributed by atoms with Gasteiger partial charge in [-0.3, -0.25) is 4.79 Å². The van der Waals surface area contributed by atoms with E-state index in [-0.39, 0.29) is 11.7 Å². The standard InChI is InChI=1S/C21H21NO5/c1-14(21(25)22-12-11-16-5-3-4-6-17(16)22)27-20(24)10-8-15-7-9-18(23)19(13-15)26-2/h3-10,13-14,23H,11-12H2,1-2H3/b10-8+/t14-/m0/s1. The second kappa shape index (κ2) is 7.95. The summed E-state index contributed by atoms with van der Waals surface area (Å²) in [5.74, 6) is -0.535. The van der Waals surface area contributed by atoms with E-state index in [0.717, 1.165) is 17.7 Å². The number of esters is 1. The fourth-order valence-electron chi connectivity index (χ4n) is 3.01. The summed E-state index contributed by atoms with van der Waals surface area (Å²) < 4.78 is 10.3. The lowest BCUT2D eigenvalue weighted by Crippen LogP contribution is -2.38. The fourth-order valence-corrected chi connectivity index (χ4v) is 3.01. The molecule has 2 aromatic rings. The molecular weight excluding hydrogens is 346 g/mol. The smallest absolute Gasteiger partial charge is 0.331 e. The highest BCUT2D eigenvalue weighted by Gasteiger charge is 2.29. The molecule has 0 aromatic heterocycles. The van der Waals surface area contributed by atoms with Gasteiger partial charge in [0.2, 0.25) is 0 Å². The number of amides is 1. The van der Waals surface area contributed by atoms with Gasteiger partial charge in [-0.25, -0.2) is 4.79 Å². The number of benzene rings is 2. The van der Waals surface area contributed by atoms with Crippen LogP contribution < -0.4 is 9.64 Å². The highest BCUT2D eigenvalue weighted by Crippen LogP contribution is 2.28. The number of fused-ring (bicyclic) bond motifs is 1. The molecule has 3 rings (SSSR count). The molecule has 2 aromatic carbocycles. The number of rotatable bonds is 5. The Labute approximate surface area is 157 Å². The van der Waals surface area contributed by atoms with Crippen LogP contribution in [0.1, 0.15) is 18.1 Å². The first-order valence-corrected chi connectivity index (χ1v) is 8.64. The average Bonchev–Trinajstić information content (AvgIpc) is 3.10. The third kappa shape index (κ3) is 4.11. The number of nitrogens with zero attached hydrogens (tertiary/aromatic N) is 1. The third-order valence-electron chi connectivity index (χ3n) is 4.41. The van der Waals surface area contributed by atoms with Crippen molar-refractivity contribution in [1.82, 2.24) is 0 Å². The molecule has 1 aliphatic heterocycles. The molecule has 1 atom stereocenters. The maximum atomic E-state index is 12.6. The Morgan fingerprint density at radius 2 is 2.00 bits per heavy atom. The Hall–Kier alpha value is -3.28. The van der Waals surface area contributed by atoms with Crippen LogP contribution in [0.4, 0.5) is 5.69 Å². The molecule has 27 heavy (non-hydrogen) atoms. The third-order valence-corrected chi connectivity index (χ3v) is 4.41. The number of carbonyl (C=O) groups is 2. The van der Waals surface area contributed by atoms with Gasteiger partial charge in [-0.2, -0.15) is 0 Å². The van der Waals surface area contributed by atoms with E-state index in [1.54, 1.807) is 24.0 Å². The first kappa shape index (κ1) is 18.5. The Bertz CT molecular complexity index is 890. The molecule has 0 saturated heterocycles. The SMILES string of the molecule is COc1cc(/C=C/C(=O)O[C@@H](C)C(=O)N2CCc3ccccc32)ccc1O. The van der Waals surface area contributed by atoms with E-state index in [2.05, 4.69) is 0 Å². The molecule has 0 spiro atoms. The van der Waals surface area contributed by atoms with Gasteiger partial charge in [-0.1, -0.05) is 24.3 Å². The maximum absolute atomic E-state index is 12.6. The Morgan fingerprint density at radius 1 is 1.22 bits per heavy atom. The molecule has 1 amide bonds. The van der Waals surface area contributed by atoms with Crippen molar-refractivity contribution < 1.29 is 24.2 Å². The zero-order valence-corrected chi connectivity index (χ0v) is 15.2. The van der Waals surface area contributed by atoms with Crippen LogP contribution in [-0.2, 0) is 20.7 Å². The van der Waals surface area contributed by atoms with E-state index >= 15 is 0 Å². The Morgan fingerprint density at radius 3 is 2.78 bits per heavy atom. The average molecular weight is 367 g/mol. The van der Waals surface area contributed by atoms with Gasteiger partial charge in [0, 0.05) is 18.3 Å². The van der Waals surface area contributed by atoms with E-state index in [9.17, 15) is 14.7 Å². The number of phenols is 1. The minimum atomic E-state index is -0.886. The number of carbonyl (C=O) groups excluding carboxylic acids is 2. The number of aromatic hydroxyl groups is 1. The summed E-state index contributed by atoms with van der Waals surface area (Å²) >= 11 is 0. The number of phenolic OH excluding ortho intramolecular Hbond substituents is 1. The van der Waals surface area contributed by atoms with Gasteiger partial charge >= 0.3 is 5.97 Å². The van der Waals surface area contributed by atoms with Crippen molar-refractivity contribution in [3.63, 3.8) is 0 Å². The van der Waals surface area contributed by atoms with Gasteiger partial charge in [0.15, 0.2) is 17.6 Å². The summed E-state index contributed by atoms with van der Waals surface area (Å²) in [5, 5.41) is 9.58. The van der Waals surface area contributed by atoms with Crippen LogP contribution in [0.15, 0.2) is 48.5 Å². The zero-order chi connectivity index (χ0) is 19.4. The molecule has 0 unspecified atom stereocenters. The highest BCUT2D eigenvalue weighted by molar-refractivity contribution is 6.00. The van der Waals surface area contributed by atoms with E-state index in [1.165, 1.54) is 25.3 Å². The molecule has 0 aliphatic carbocycles. The largest absolute Gasteiger partial charge is 0.504 e. The van der Waals surface area contributed by atoms with Gasteiger partial charge in [-0.05, 0) is 48.7 Å². The Kier molecular flexibility index (Phi) is 5.45. The second-order valence-corrected chi connectivity index (χ2v) is 6.21. The minimum absolute atomic E-state index is 0.0161. The fraction of sp³-hybridized carbons (Fsp3) is 0.238. The summed E-state index contributed by atoms with van der Waals surface area (Å²) in [6.07, 6.45) is 2.69. The minimum Gasteiger partial charge on any atom is -0.504 e. The van der Waals surface area contributed by atoms with Crippen molar-refractivity contribution in [3.8, 4) is 11.5 Å². The molecule has 6 heteroatoms. The van der Waals surface area contributed by atoms with E-state index in [4.69, 9.17) is 9.47 Å². The van der Waals surface area contributed by atoms with Crippen molar-refractivity contribution in [3.05, 3.63) is 59.7 Å². The monoisotopic (exact) mass is 367 g/mol. The van der Waals surface area contributed by atoms with Crippen LogP contribution >= 0.6 is 0 Å². The number of hydrogen-bond donors (Lipinski definition) is 1. The molecule has 0 bridgehead atoms. The van der Waals surface area contributed by atoms with Crippen molar-refractivity contribution in [2.45, 2.75) is 19.4 Å². The van der Waals surface area contributed by atoms with Gasteiger partial charge in [0.05, 0.1) is 7.11 Å². The van der Waals surface area contributed by atoms with Crippen LogP contribution in [0.3, 0.4) is 0 Å². The lowest BCUT2D eigenvalue weighted by atomic mass is 10.2. The summed E-state index contributed by atoms with van der Waals surface area (Å²) in [6, 6.07) is 12.4. The molecule has 1 N–H and O–H groups in total. The van der Waals surface area contributed by atoms with E-state index in [1.807, 2.05) is 24.3 Å². The topological polar surface area (TPSA) is 76.1 Å².